The van der Waals surface area contributed by atoms with Crippen molar-refractivity contribution in [3.05, 3.63) is 11.9 Å². The van der Waals surface area contributed by atoms with Crippen molar-refractivity contribution in [2.75, 3.05) is 6.61 Å². The van der Waals surface area contributed by atoms with Crippen LogP contribution >= 0.6 is 0 Å². The Bertz CT molecular complexity index is 369. The van der Waals surface area contributed by atoms with Gasteiger partial charge in [0.1, 0.15) is 0 Å². The highest BCUT2D eigenvalue weighted by molar-refractivity contribution is 5.09. The average molecular weight is 252 g/mol. The fourth-order valence-electron chi connectivity index (χ4n) is 3.01. The van der Waals surface area contributed by atoms with E-state index in [1.165, 1.54) is 25.7 Å². The molecule has 5 nitrogen and oxygen atoms in total. The Hall–Kier alpha value is -0.940. The molecule has 1 aromatic heterocycles. The molecule has 18 heavy (non-hydrogen) atoms. The van der Waals surface area contributed by atoms with E-state index >= 15 is 0 Å². The second-order valence-electron chi connectivity index (χ2n) is 5.17. The molecule has 1 unspecified atom stereocenters. The summed E-state index contributed by atoms with van der Waals surface area (Å²) in [6, 6.07) is -0.143. The summed E-state index contributed by atoms with van der Waals surface area (Å²) < 4.78 is 7.86. The van der Waals surface area contributed by atoms with Crippen molar-refractivity contribution >= 4 is 0 Å². The van der Waals surface area contributed by atoms with Crippen LogP contribution in [0.15, 0.2) is 6.20 Å². The number of ether oxygens (including phenoxy) is 1. The molecule has 1 fully saturated rings. The van der Waals surface area contributed by atoms with Crippen molar-refractivity contribution in [1.82, 2.24) is 15.0 Å². The number of hydrogen-bond acceptors (Lipinski definition) is 4. The molecule has 1 aliphatic carbocycles. The molecule has 0 amide bonds. The Balaban J connectivity index is 2.25. The standard InChI is InChI=1S/C13H24N4O/c1-3-18-13(8-6-4-5-7-9-13)12(14)11-10-15-16-17(11)2/h10,12H,3-9,14H2,1-2H3. The molecule has 1 atom stereocenters. The highest BCUT2D eigenvalue weighted by atomic mass is 16.5. The van der Waals surface area contributed by atoms with Gasteiger partial charge in [-0.2, -0.15) is 0 Å². The first kappa shape index (κ1) is 13.5. The molecule has 1 aliphatic rings. The minimum atomic E-state index is -0.235. The van der Waals surface area contributed by atoms with Crippen LogP contribution in [0.4, 0.5) is 0 Å². The first-order valence-electron chi connectivity index (χ1n) is 6.94. The fourth-order valence-corrected chi connectivity index (χ4v) is 3.01. The van der Waals surface area contributed by atoms with Gasteiger partial charge in [0.05, 0.1) is 23.5 Å². The first-order chi connectivity index (χ1) is 8.69. The first-order valence-corrected chi connectivity index (χ1v) is 6.94. The lowest BCUT2D eigenvalue weighted by Gasteiger charge is -2.37. The molecule has 0 bridgehead atoms. The van der Waals surface area contributed by atoms with Gasteiger partial charge in [0.25, 0.3) is 0 Å². The maximum Gasteiger partial charge on any atom is 0.0889 e. The van der Waals surface area contributed by atoms with E-state index in [2.05, 4.69) is 10.3 Å². The second-order valence-corrected chi connectivity index (χ2v) is 5.17. The molecule has 1 heterocycles. The van der Waals surface area contributed by atoms with Crippen LogP contribution in [0, 0.1) is 0 Å². The average Bonchev–Trinajstić information content (AvgIpc) is 2.64. The van der Waals surface area contributed by atoms with Crippen LogP contribution in [-0.2, 0) is 11.8 Å². The summed E-state index contributed by atoms with van der Waals surface area (Å²) in [5.41, 5.74) is 7.21. The zero-order valence-electron chi connectivity index (χ0n) is 11.4. The summed E-state index contributed by atoms with van der Waals surface area (Å²) >= 11 is 0. The van der Waals surface area contributed by atoms with E-state index in [4.69, 9.17) is 10.5 Å². The third-order valence-corrected chi connectivity index (χ3v) is 4.02. The molecule has 5 heteroatoms. The van der Waals surface area contributed by atoms with Crippen molar-refractivity contribution in [1.29, 1.82) is 0 Å². The number of nitrogens with zero attached hydrogens (tertiary/aromatic N) is 3. The lowest BCUT2D eigenvalue weighted by molar-refractivity contribution is -0.0710. The van der Waals surface area contributed by atoms with Crippen LogP contribution in [0.2, 0.25) is 0 Å². The van der Waals surface area contributed by atoms with E-state index in [0.29, 0.717) is 6.61 Å². The Morgan fingerprint density at radius 2 is 2.06 bits per heavy atom. The van der Waals surface area contributed by atoms with Crippen molar-refractivity contribution < 1.29 is 4.74 Å². The molecule has 1 aromatic rings. The van der Waals surface area contributed by atoms with Gasteiger partial charge in [-0.3, -0.25) is 4.68 Å². The fraction of sp³-hybridized carbons (Fsp3) is 0.846. The number of aryl methyl sites for hydroxylation is 1. The minimum Gasteiger partial charge on any atom is -0.373 e. The molecular formula is C13H24N4O. The van der Waals surface area contributed by atoms with Crippen LogP contribution in [0.3, 0.4) is 0 Å². The van der Waals surface area contributed by atoms with Gasteiger partial charge in [-0.15, -0.1) is 5.10 Å². The summed E-state index contributed by atoms with van der Waals surface area (Å²) in [4.78, 5) is 0. The van der Waals surface area contributed by atoms with Crippen molar-refractivity contribution in [2.45, 2.75) is 57.1 Å². The van der Waals surface area contributed by atoms with Gasteiger partial charge in [0.2, 0.25) is 0 Å². The molecule has 0 spiro atoms. The van der Waals surface area contributed by atoms with Gasteiger partial charge < -0.3 is 10.5 Å². The number of hydrogen-bond donors (Lipinski definition) is 1. The van der Waals surface area contributed by atoms with Gasteiger partial charge >= 0.3 is 0 Å². The zero-order chi connectivity index (χ0) is 13.0. The zero-order valence-corrected chi connectivity index (χ0v) is 11.4. The smallest absolute Gasteiger partial charge is 0.0889 e. The topological polar surface area (TPSA) is 66.0 Å². The summed E-state index contributed by atoms with van der Waals surface area (Å²) in [5.74, 6) is 0. The van der Waals surface area contributed by atoms with Crippen molar-refractivity contribution in [2.24, 2.45) is 12.8 Å². The molecule has 1 saturated carbocycles. The Kier molecular flexibility index (Phi) is 4.35. The molecule has 0 saturated heterocycles. The van der Waals surface area contributed by atoms with E-state index in [9.17, 15) is 0 Å². The van der Waals surface area contributed by atoms with Gasteiger partial charge in [-0.25, -0.2) is 0 Å². The number of aromatic nitrogens is 3. The molecule has 0 aliphatic heterocycles. The van der Waals surface area contributed by atoms with Crippen LogP contribution in [-0.4, -0.2) is 27.2 Å². The highest BCUT2D eigenvalue weighted by Crippen LogP contribution is 2.38. The van der Waals surface area contributed by atoms with Gasteiger partial charge in [-0.05, 0) is 19.8 Å². The van der Waals surface area contributed by atoms with Gasteiger partial charge in [-0.1, -0.05) is 30.9 Å². The summed E-state index contributed by atoms with van der Waals surface area (Å²) in [6.45, 7) is 2.75. The van der Waals surface area contributed by atoms with E-state index in [1.807, 2.05) is 14.0 Å². The minimum absolute atomic E-state index is 0.143. The lowest BCUT2D eigenvalue weighted by atomic mass is 9.85. The predicted molar refractivity (Wildman–Crippen MR) is 70.0 cm³/mol. The molecule has 2 rings (SSSR count). The van der Waals surface area contributed by atoms with E-state index in [-0.39, 0.29) is 11.6 Å². The van der Waals surface area contributed by atoms with Gasteiger partial charge in [0, 0.05) is 13.7 Å². The van der Waals surface area contributed by atoms with Crippen LogP contribution in [0.1, 0.15) is 57.2 Å². The van der Waals surface area contributed by atoms with Crippen LogP contribution in [0.25, 0.3) is 0 Å². The lowest BCUT2D eigenvalue weighted by Crippen LogP contribution is -2.44. The quantitative estimate of drug-likeness (QED) is 0.832. The van der Waals surface area contributed by atoms with E-state index in [0.717, 1.165) is 18.5 Å². The SMILES string of the molecule is CCOC1(C(N)c2cnnn2C)CCCCCC1. The van der Waals surface area contributed by atoms with Crippen molar-refractivity contribution in [3.63, 3.8) is 0 Å². The normalized spacial score (nSPS) is 21.5. The summed E-state index contributed by atoms with van der Waals surface area (Å²) in [5, 5.41) is 7.91. The third kappa shape index (κ3) is 2.57. The molecule has 102 valence electrons. The van der Waals surface area contributed by atoms with E-state index in [1.54, 1.807) is 10.9 Å². The molecule has 0 radical (unpaired) electrons. The monoisotopic (exact) mass is 252 g/mol. The molecule has 2 N–H and O–H groups in total. The Morgan fingerprint density at radius 3 is 2.56 bits per heavy atom. The Labute approximate surface area is 109 Å². The maximum atomic E-state index is 6.48. The van der Waals surface area contributed by atoms with Crippen LogP contribution in [0.5, 0.6) is 0 Å². The molecule has 0 aromatic carbocycles. The van der Waals surface area contributed by atoms with E-state index < -0.39 is 0 Å². The third-order valence-electron chi connectivity index (χ3n) is 4.02. The predicted octanol–water partition coefficient (Wildman–Crippen LogP) is 1.94. The summed E-state index contributed by atoms with van der Waals surface area (Å²) in [7, 11) is 1.89. The van der Waals surface area contributed by atoms with Gasteiger partial charge in [0.15, 0.2) is 0 Å². The highest BCUT2D eigenvalue weighted by Gasteiger charge is 2.40. The maximum absolute atomic E-state index is 6.48. The second kappa shape index (κ2) is 5.80. The summed E-state index contributed by atoms with van der Waals surface area (Å²) in [6.07, 6.45) is 8.78. The molecular weight excluding hydrogens is 228 g/mol. The number of rotatable bonds is 4. The number of nitrogens with two attached hydrogens (primary N) is 1. The van der Waals surface area contributed by atoms with Crippen molar-refractivity contribution in [3.8, 4) is 0 Å². The Morgan fingerprint density at radius 1 is 1.39 bits per heavy atom. The van der Waals surface area contributed by atoms with Crippen LogP contribution < -0.4 is 5.73 Å². The largest absolute Gasteiger partial charge is 0.373 e.